The highest BCUT2D eigenvalue weighted by atomic mass is 35.5. The summed E-state index contributed by atoms with van der Waals surface area (Å²) in [6.45, 7) is 2.15. The highest BCUT2D eigenvalue weighted by Crippen LogP contribution is 2.43. The quantitative estimate of drug-likeness (QED) is 0.805. The number of benzene rings is 2. The molecule has 98 valence electrons. The third kappa shape index (κ3) is 2.93. The number of hydrogen-bond acceptors (Lipinski definition) is 1. The largest absolute Gasteiger partial charge is 0.378 e. The van der Waals surface area contributed by atoms with E-state index in [2.05, 4.69) is 48.6 Å². The van der Waals surface area contributed by atoms with Crippen molar-refractivity contribution in [2.24, 2.45) is 5.92 Å². The molecule has 1 unspecified atom stereocenters. The fourth-order valence-corrected chi connectivity index (χ4v) is 2.60. The van der Waals surface area contributed by atoms with Crippen molar-refractivity contribution in [1.29, 1.82) is 0 Å². The molecule has 1 nitrogen and oxygen atoms in total. The van der Waals surface area contributed by atoms with Crippen LogP contribution in [-0.4, -0.2) is 0 Å². The molecule has 1 aliphatic carbocycles. The molecule has 0 saturated heterocycles. The van der Waals surface area contributed by atoms with Crippen LogP contribution in [0.1, 0.15) is 30.0 Å². The fourth-order valence-electron chi connectivity index (χ4n) is 2.48. The number of halogens is 1. The molecule has 1 aliphatic rings. The van der Waals surface area contributed by atoms with Crippen LogP contribution >= 0.6 is 11.6 Å². The first-order valence-corrected chi connectivity index (χ1v) is 7.19. The van der Waals surface area contributed by atoms with Crippen molar-refractivity contribution in [3.63, 3.8) is 0 Å². The Morgan fingerprint density at radius 1 is 1.05 bits per heavy atom. The van der Waals surface area contributed by atoms with Gasteiger partial charge in [-0.15, -0.1) is 0 Å². The minimum atomic E-state index is 0.401. The summed E-state index contributed by atoms with van der Waals surface area (Å²) < 4.78 is 0. The lowest BCUT2D eigenvalue weighted by Gasteiger charge is -2.21. The summed E-state index contributed by atoms with van der Waals surface area (Å²) in [5.41, 5.74) is 3.85. The van der Waals surface area contributed by atoms with Gasteiger partial charge in [0.1, 0.15) is 0 Å². The summed E-state index contributed by atoms with van der Waals surface area (Å²) in [4.78, 5) is 0. The highest BCUT2D eigenvalue weighted by Gasteiger charge is 2.32. The standard InChI is InChI=1S/C17H18ClN/c1-12-4-2-3-5-16(12)19-17(13-6-7-13)14-8-10-15(18)11-9-14/h2-5,8-11,13,17,19H,6-7H2,1H3. The second-order valence-electron chi connectivity index (χ2n) is 5.33. The summed E-state index contributed by atoms with van der Waals surface area (Å²) in [5.74, 6) is 0.751. The van der Waals surface area contributed by atoms with E-state index in [1.807, 2.05) is 12.1 Å². The molecule has 1 saturated carbocycles. The van der Waals surface area contributed by atoms with Crippen LogP contribution in [0.15, 0.2) is 48.5 Å². The molecular formula is C17H18ClN. The van der Waals surface area contributed by atoms with E-state index in [1.165, 1.54) is 29.7 Å². The van der Waals surface area contributed by atoms with Crippen molar-refractivity contribution in [3.05, 3.63) is 64.7 Å². The molecule has 1 N–H and O–H groups in total. The monoisotopic (exact) mass is 271 g/mol. The molecule has 2 aromatic carbocycles. The van der Waals surface area contributed by atoms with Gasteiger partial charge in [-0.25, -0.2) is 0 Å². The second kappa shape index (κ2) is 5.26. The van der Waals surface area contributed by atoms with Crippen molar-refractivity contribution >= 4 is 17.3 Å². The third-order valence-electron chi connectivity index (χ3n) is 3.78. The average molecular weight is 272 g/mol. The summed E-state index contributed by atoms with van der Waals surface area (Å²) in [6, 6.07) is 17.1. The van der Waals surface area contributed by atoms with Crippen molar-refractivity contribution in [2.45, 2.75) is 25.8 Å². The Bertz CT molecular complexity index is 558. The molecule has 0 radical (unpaired) electrons. The molecule has 1 fully saturated rings. The Morgan fingerprint density at radius 3 is 2.37 bits per heavy atom. The van der Waals surface area contributed by atoms with Crippen LogP contribution in [0.5, 0.6) is 0 Å². The summed E-state index contributed by atoms with van der Waals surface area (Å²) in [5, 5.41) is 4.50. The van der Waals surface area contributed by atoms with Gasteiger partial charge >= 0.3 is 0 Å². The number of rotatable bonds is 4. The lowest BCUT2D eigenvalue weighted by atomic mass is 10.0. The molecule has 2 aromatic rings. The van der Waals surface area contributed by atoms with E-state index in [-0.39, 0.29) is 0 Å². The molecule has 0 aromatic heterocycles. The Labute approximate surface area is 119 Å². The van der Waals surface area contributed by atoms with Crippen molar-refractivity contribution in [2.75, 3.05) is 5.32 Å². The predicted molar refractivity (Wildman–Crippen MR) is 81.7 cm³/mol. The lowest BCUT2D eigenvalue weighted by Crippen LogP contribution is -2.13. The van der Waals surface area contributed by atoms with Gasteiger partial charge in [0, 0.05) is 10.7 Å². The van der Waals surface area contributed by atoms with Gasteiger partial charge < -0.3 is 5.32 Å². The molecule has 0 aliphatic heterocycles. The molecule has 0 bridgehead atoms. The van der Waals surface area contributed by atoms with E-state index in [0.29, 0.717) is 6.04 Å². The van der Waals surface area contributed by atoms with Crippen LogP contribution in [0.25, 0.3) is 0 Å². The predicted octanol–water partition coefficient (Wildman–Crippen LogP) is 5.21. The second-order valence-corrected chi connectivity index (χ2v) is 5.76. The summed E-state index contributed by atoms with van der Waals surface area (Å²) in [6.07, 6.45) is 2.62. The number of aryl methyl sites for hydroxylation is 1. The molecular weight excluding hydrogens is 254 g/mol. The highest BCUT2D eigenvalue weighted by molar-refractivity contribution is 6.30. The Hall–Kier alpha value is -1.47. The zero-order chi connectivity index (χ0) is 13.2. The van der Waals surface area contributed by atoms with Gasteiger partial charge in [0.05, 0.1) is 6.04 Å². The minimum absolute atomic E-state index is 0.401. The summed E-state index contributed by atoms with van der Waals surface area (Å²) >= 11 is 5.98. The van der Waals surface area contributed by atoms with Crippen LogP contribution < -0.4 is 5.32 Å². The van der Waals surface area contributed by atoms with Gasteiger partial charge in [-0.2, -0.15) is 0 Å². The van der Waals surface area contributed by atoms with Gasteiger partial charge in [-0.1, -0.05) is 41.9 Å². The molecule has 0 heterocycles. The molecule has 0 amide bonds. The van der Waals surface area contributed by atoms with E-state index in [0.717, 1.165) is 10.9 Å². The molecule has 3 rings (SSSR count). The summed E-state index contributed by atoms with van der Waals surface area (Å²) in [7, 11) is 0. The van der Waals surface area contributed by atoms with E-state index >= 15 is 0 Å². The smallest absolute Gasteiger partial charge is 0.0542 e. The normalized spacial score (nSPS) is 16.1. The van der Waals surface area contributed by atoms with Crippen molar-refractivity contribution < 1.29 is 0 Å². The van der Waals surface area contributed by atoms with Gasteiger partial charge in [-0.05, 0) is 55.0 Å². The van der Waals surface area contributed by atoms with Gasteiger partial charge in [0.25, 0.3) is 0 Å². The van der Waals surface area contributed by atoms with Crippen LogP contribution in [0.2, 0.25) is 5.02 Å². The fraction of sp³-hybridized carbons (Fsp3) is 0.294. The first-order valence-electron chi connectivity index (χ1n) is 6.81. The Balaban J connectivity index is 1.86. The number of hydrogen-bond donors (Lipinski definition) is 1. The van der Waals surface area contributed by atoms with Gasteiger partial charge in [0.2, 0.25) is 0 Å². The lowest BCUT2D eigenvalue weighted by molar-refractivity contribution is 0.678. The van der Waals surface area contributed by atoms with E-state index < -0.39 is 0 Å². The first-order chi connectivity index (χ1) is 9.24. The molecule has 0 spiro atoms. The van der Waals surface area contributed by atoms with Crippen LogP contribution in [0.3, 0.4) is 0 Å². The zero-order valence-electron chi connectivity index (χ0n) is 11.1. The molecule has 1 atom stereocenters. The Kier molecular flexibility index (Phi) is 3.48. The third-order valence-corrected chi connectivity index (χ3v) is 4.03. The molecule has 2 heteroatoms. The van der Waals surface area contributed by atoms with E-state index in [1.54, 1.807) is 0 Å². The van der Waals surface area contributed by atoms with Gasteiger partial charge in [-0.3, -0.25) is 0 Å². The minimum Gasteiger partial charge on any atom is -0.378 e. The number of para-hydroxylation sites is 1. The number of nitrogens with one attached hydrogen (secondary N) is 1. The van der Waals surface area contributed by atoms with Crippen LogP contribution in [0.4, 0.5) is 5.69 Å². The number of anilines is 1. The Morgan fingerprint density at radius 2 is 1.74 bits per heavy atom. The molecule has 19 heavy (non-hydrogen) atoms. The van der Waals surface area contributed by atoms with E-state index in [4.69, 9.17) is 11.6 Å². The maximum absolute atomic E-state index is 5.98. The first kappa shape index (κ1) is 12.6. The zero-order valence-corrected chi connectivity index (χ0v) is 11.8. The maximum Gasteiger partial charge on any atom is 0.0542 e. The SMILES string of the molecule is Cc1ccccc1NC(c1ccc(Cl)cc1)C1CC1. The average Bonchev–Trinajstić information content (AvgIpc) is 3.24. The van der Waals surface area contributed by atoms with Crippen molar-refractivity contribution in [1.82, 2.24) is 0 Å². The van der Waals surface area contributed by atoms with Gasteiger partial charge in [0.15, 0.2) is 0 Å². The van der Waals surface area contributed by atoms with E-state index in [9.17, 15) is 0 Å². The van der Waals surface area contributed by atoms with Crippen LogP contribution in [-0.2, 0) is 0 Å². The maximum atomic E-state index is 5.98. The van der Waals surface area contributed by atoms with Crippen LogP contribution in [0, 0.1) is 12.8 Å². The topological polar surface area (TPSA) is 12.0 Å². The van der Waals surface area contributed by atoms with Crippen molar-refractivity contribution in [3.8, 4) is 0 Å².